The molecule has 6 heteroatoms. The topological polar surface area (TPSA) is 24.9 Å². The van der Waals surface area contributed by atoms with Gasteiger partial charge in [-0.25, -0.2) is 13.8 Å². The first-order valence-corrected chi connectivity index (χ1v) is 7.93. The number of aromatic nitrogens is 1. The Bertz CT molecular complexity index is 605. The second-order valence-electron chi connectivity index (χ2n) is 4.45. The summed E-state index contributed by atoms with van der Waals surface area (Å²) in [6.07, 6.45) is 0.839. The molecular weight excluding hydrogens is 314 g/mol. The van der Waals surface area contributed by atoms with Crippen LogP contribution in [0.2, 0.25) is 5.02 Å². The lowest BCUT2D eigenvalue weighted by Crippen LogP contribution is -2.06. The van der Waals surface area contributed by atoms with Gasteiger partial charge in [0.1, 0.15) is 5.03 Å². The highest BCUT2D eigenvalue weighted by atomic mass is 35.5. The fourth-order valence-electron chi connectivity index (χ4n) is 1.65. The lowest BCUT2D eigenvalue weighted by Gasteiger charge is -2.09. The quantitative estimate of drug-likeness (QED) is 0.744. The number of benzene rings is 1. The third-order valence-electron chi connectivity index (χ3n) is 2.73. The van der Waals surface area contributed by atoms with Crippen molar-refractivity contribution < 1.29 is 8.78 Å². The number of hydrogen-bond donors (Lipinski definition) is 1. The van der Waals surface area contributed by atoms with E-state index < -0.39 is 11.6 Å². The van der Waals surface area contributed by atoms with E-state index in [1.807, 2.05) is 19.1 Å². The van der Waals surface area contributed by atoms with Crippen LogP contribution in [0.25, 0.3) is 0 Å². The highest BCUT2D eigenvalue weighted by molar-refractivity contribution is 7.98. The molecule has 0 aliphatic heterocycles. The Hall–Kier alpha value is -1.33. The lowest BCUT2D eigenvalue weighted by molar-refractivity contribution is 0.551. The zero-order valence-electron chi connectivity index (χ0n) is 11.5. The molecule has 2 rings (SSSR count). The Kier molecular flexibility index (Phi) is 5.82. The number of halogens is 3. The Labute approximate surface area is 131 Å². The summed E-state index contributed by atoms with van der Waals surface area (Å²) < 4.78 is 27.3. The van der Waals surface area contributed by atoms with E-state index >= 15 is 0 Å². The summed E-state index contributed by atoms with van der Waals surface area (Å²) >= 11 is 7.04. The molecule has 0 unspecified atom stereocenters. The molecule has 0 saturated heterocycles. The van der Waals surface area contributed by atoms with Crippen molar-refractivity contribution in [3.63, 3.8) is 0 Å². The average molecular weight is 329 g/mol. The second kappa shape index (κ2) is 7.61. The van der Waals surface area contributed by atoms with Crippen molar-refractivity contribution >= 4 is 29.2 Å². The number of thioether (sulfide) groups is 1. The Balaban J connectivity index is 2.09. The predicted octanol–water partition coefficient (Wildman–Crippen LogP) is 5.13. The van der Waals surface area contributed by atoms with Crippen LogP contribution in [-0.2, 0) is 5.75 Å². The minimum atomic E-state index is -0.670. The maximum absolute atomic E-state index is 13.7. The highest BCUT2D eigenvalue weighted by Crippen LogP contribution is 2.27. The number of nitrogens with one attached hydrogen (secondary N) is 1. The third-order valence-corrected chi connectivity index (χ3v) is 4.02. The molecule has 0 spiro atoms. The summed E-state index contributed by atoms with van der Waals surface area (Å²) in [5.74, 6) is -0.679. The second-order valence-corrected chi connectivity index (χ2v) is 5.85. The first-order chi connectivity index (χ1) is 10.1. The number of hydrogen-bond acceptors (Lipinski definition) is 3. The van der Waals surface area contributed by atoms with Crippen molar-refractivity contribution in [2.45, 2.75) is 24.1 Å². The molecule has 0 amide bonds. The molecule has 2 aromatic rings. The van der Waals surface area contributed by atoms with Crippen LogP contribution in [0.3, 0.4) is 0 Å². The molecule has 0 fully saturated rings. The molecule has 0 saturated carbocycles. The summed E-state index contributed by atoms with van der Waals surface area (Å²) in [6.45, 7) is 2.56. The van der Waals surface area contributed by atoms with E-state index in [0.29, 0.717) is 17.3 Å². The molecule has 112 valence electrons. The SMILES string of the molecule is CCCNc1nc(SCc2ccc(Cl)cc2)c(F)cc1F. The number of pyridine rings is 1. The lowest BCUT2D eigenvalue weighted by atomic mass is 10.2. The molecule has 1 N–H and O–H groups in total. The summed E-state index contributed by atoms with van der Waals surface area (Å²) in [7, 11) is 0. The van der Waals surface area contributed by atoms with Crippen molar-refractivity contribution in [1.82, 2.24) is 4.98 Å². The van der Waals surface area contributed by atoms with E-state index in [2.05, 4.69) is 10.3 Å². The molecule has 0 radical (unpaired) electrons. The first-order valence-electron chi connectivity index (χ1n) is 6.57. The maximum atomic E-state index is 13.7. The van der Waals surface area contributed by atoms with Crippen LogP contribution >= 0.6 is 23.4 Å². The number of anilines is 1. The van der Waals surface area contributed by atoms with Gasteiger partial charge in [-0.05, 0) is 24.1 Å². The van der Waals surface area contributed by atoms with Crippen LogP contribution < -0.4 is 5.32 Å². The molecule has 1 aromatic carbocycles. The molecule has 0 aliphatic carbocycles. The van der Waals surface area contributed by atoms with Crippen molar-refractivity contribution in [3.05, 3.63) is 52.6 Å². The van der Waals surface area contributed by atoms with Gasteiger partial charge in [0.25, 0.3) is 0 Å². The summed E-state index contributed by atoms with van der Waals surface area (Å²) in [5, 5.41) is 3.69. The first kappa shape index (κ1) is 16.0. The minimum absolute atomic E-state index is 0.0943. The molecule has 2 nitrogen and oxygen atoms in total. The summed E-state index contributed by atoms with van der Waals surface area (Å²) in [4.78, 5) is 4.02. The third kappa shape index (κ3) is 4.58. The van der Waals surface area contributed by atoms with E-state index in [1.54, 1.807) is 12.1 Å². The highest BCUT2D eigenvalue weighted by Gasteiger charge is 2.12. The monoisotopic (exact) mass is 328 g/mol. The Morgan fingerprint density at radius 3 is 2.57 bits per heavy atom. The van der Waals surface area contributed by atoms with Gasteiger partial charge in [0, 0.05) is 23.4 Å². The summed E-state index contributed by atoms with van der Waals surface area (Å²) in [6, 6.07) is 8.16. The van der Waals surface area contributed by atoms with Gasteiger partial charge < -0.3 is 5.32 Å². The van der Waals surface area contributed by atoms with Crippen molar-refractivity contribution in [2.24, 2.45) is 0 Å². The summed E-state index contributed by atoms with van der Waals surface area (Å²) in [5.41, 5.74) is 0.998. The maximum Gasteiger partial charge on any atom is 0.168 e. The van der Waals surface area contributed by atoms with Gasteiger partial charge in [0.15, 0.2) is 17.5 Å². The van der Waals surface area contributed by atoms with E-state index in [0.717, 1.165) is 18.1 Å². The van der Waals surface area contributed by atoms with E-state index in [4.69, 9.17) is 11.6 Å². The van der Waals surface area contributed by atoms with Crippen molar-refractivity contribution in [2.75, 3.05) is 11.9 Å². The van der Waals surface area contributed by atoms with Gasteiger partial charge in [0.05, 0.1) is 0 Å². The molecule has 0 bridgehead atoms. The number of rotatable bonds is 6. The zero-order valence-corrected chi connectivity index (χ0v) is 13.1. The van der Waals surface area contributed by atoms with Crippen LogP contribution in [0, 0.1) is 11.6 Å². The Morgan fingerprint density at radius 2 is 1.90 bits per heavy atom. The smallest absolute Gasteiger partial charge is 0.168 e. The molecule has 21 heavy (non-hydrogen) atoms. The molecule has 0 atom stereocenters. The van der Waals surface area contributed by atoms with Crippen LogP contribution in [0.1, 0.15) is 18.9 Å². The van der Waals surface area contributed by atoms with Gasteiger partial charge in [-0.15, -0.1) is 0 Å². The van der Waals surface area contributed by atoms with Crippen LogP contribution in [0.15, 0.2) is 35.4 Å². The van der Waals surface area contributed by atoms with E-state index in [1.165, 1.54) is 11.8 Å². The fraction of sp³-hybridized carbons (Fsp3) is 0.267. The zero-order chi connectivity index (χ0) is 15.2. The number of nitrogens with zero attached hydrogens (tertiary/aromatic N) is 1. The van der Waals surface area contributed by atoms with Crippen molar-refractivity contribution in [3.8, 4) is 0 Å². The average Bonchev–Trinajstić information content (AvgIpc) is 2.47. The largest absolute Gasteiger partial charge is 0.368 e. The normalized spacial score (nSPS) is 10.7. The standard InChI is InChI=1S/C15H15ClF2N2S/c1-2-7-19-14-12(17)8-13(18)15(20-14)21-9-10-3-5-11(16)6-4-10/h3-6,8H,2,7,9H2,1H3,(H,19,20). The predicted molar refractivity (Wildman–Crippen MR) is 83.9 cm³/mol. The molecule has 1 aromatic heterocycles. The molecule has 0 aliphatic rings. The van der Waals surface area contributed by atoms with Crippen molar-refractivity contribution in [1.29, 1.82) is 0 Å². The van der Waals surface area contributed by atoms with Gasteiger partial charge in [-0.1, -0.05) is 42.4 Å². The van der Waals surface area contributed by atoms with Gasteiger partial charge in [-0.2, -0.15) is 0 Å². The van der Waals surface area contributed by atoms with E-state index in [9.17, 15) is 8.78 Å². The molecular formula is C15H15ClF2N2S. The van der Waals surface area contributed by atoms with Gasteiger partial charge >= 0.3 is 0 Å². The Morgan fingerprint density at radius 1 is 1.19 bits per heavy atom. The fourth-order valence-corrected chi connectivity index (χ4v) is 2.63. The van der Waals surface area contributed by atoms with Gasteiger partial charge in [-0.3, -0.25) is 0 Å². The van der Waals surface area contributed by atoms with E-state index in [-0.39, 0.29) is 10.8 Å². The van der Waals surface area contributed by atoms with Crippen LogP contribution in [-0.4, -0.2) is 11.5 Å². The minimum Gasteiger partial charge on any atom is -0.368 e. The van der Waals surface area contributed by atoms with Gasteiger partial charge in [0.2, 0.25) is 0 Å². The van der Waals surface area contributed by atoms with Crippen LogP contribution in [0.5, 0.6) is 0 Å². The van der Waals surface area contributed by atoms with Crippen LogP contribution in [0.4, 0.5) is 14.6 Å². The molecule has 1 heterocycles.